The minimum Gasteiger partial charge on any atom is -0.456 e. The van der Waals surface area contributed by atoms with Crippen LogP contribution in [-0.2, 0) is 23.7 Å². The molecule has 11 N–H and O–H groups in total. The van der Waals surface area contributed by atoms with E-state index in [2.05, 4.69) is 39.9 Å². The largest absolute Gasteiger partial charge is 0.456 e. The molecule has 4 aliphatic rings. The summed E-state index contributed by atoms with van der Waals surface area (Å²) in [5.41, 5.74) is 24.5. The number of alkyl halides is 4. The predicted octanol–water partition coefficient (Wildman–Crippen LogP) is 15.4. The molecule has 0 saturated heterocycles. The average molecular weight is 1620 g/mol. The number of anilines is 4. The Labute approximate surface area is 666 Å². The fourth-order valence-electron chi connectivity index (χ4n) is 13.3. The van der Waals surface area contributed by atoms with Crippen molar-refractivity contribution in [2.45, 2.75) is 249 Å². The minimum atomic E-state index is -1.51. The van der Waals surface area contributed by atoms with E-state index in [-0.39, 0.29) is 124 Å². The van der Waals surface area contributed by atoms with E-state index in [9.17, 15) is 74.4 Å². The second kappa shape index (κ2) is 37.0. The van der Waals surface area contributed by atoms with Gasteiger partial charge in [0.25, 0.3) is 0 Å². The summed E-state index contributed by atoms with van der Waals surface area (Å²) in [7, 11) is 0. The van der Waals surface area contributed by atoms with Crippen LogP contribution in [0.25, 0.3) is 45.0 Å². The fourth-order valence-corrected chi connectivity index (χ4v) is 13.3. The van der Waals surface area contributed by atoms with Crippen LogP contribution in [0.2, 0.25) is 0 Å². The molecular weight excluding hydrogens is 1520 g/mol. The van der Waals surface area contributed by atoms with Crippen molar-refractivity contribution in [2.75, 3.05) is 22.9 Å². The van der Waals surface area contributed by atoms with Gasteiger partial charge in [-0.05, 0) is 202 Å². The van der Waals surface area contributed by atoms with Crippen molar-refractivity contribution in [3.05, 3.63) is 166 Å². The number of hydrogen-bond acceptors (Lipinski definition) is 24. The monoisotopic (exact) mass is 1620 g/mol. The summed E-state index contributed by atoms with van der Waals surface area (Å²) in [6.07, 6.45) is 1.42. The Bertz CT molecular complexity index is 4550. The number of nitrogens with two attached hydrogens (primary N) is 4. The summed E-state index contributed by atoms with van der Waals surface area (Å²) in [5, 5.41) is 28.7. The van der Waals surface area contributed by atoms with Crippen molar-refractivity contribution >= 4 is 52.9 Å². The molecule has 32 heteroatoms. The Balaban J connectivity index is 0.000000177. The van der Waals surface area contributed by atoms with Crippen molar-refractivity contribution in [3.8, 4) is 45.0 Å². The van der Waals surface area contributed by atoms with Crippen molar-refractivity contribution in [3.63, 3.8) is 0 Å². The quantitative estimate of drug-likeness (QED) is 0.0339. The molecule has 4 aliphatic carbocycles. The number of hydrogen-bond donors (Lipinski definition) is 7. The highest BCUT2D eigenvalue weighted by molar-refractivity contribution is 5.93. The summed E-state index contributed by atoms with van der Waals surface area (Å²) in [5.74, 6) is -6.96. The predicted molar refractivity (Wildman–Crippen MR) is 417 cm³/mol. The normalized spacial score (nSPS) is 21.7. The van der Waals surface area contributed by atoms with E-state index in [1.165, 1.54) is 73.3 Å². The molecule has 622 valence electrons. The fraction of sp³-hybridized carbons (Fsp3) is 0.464. The number of aliphatic hydroxyl groups excluding tert-OH is 3. The molecule has 4 saturated carbocycles. The number of carbonyl (C=O) groups is 5. The lowest BCUT2D eigenvalue weighted by molar-refractivity contribution is -0.126. The Kier molecular flexibility index (Phi) is 28.5. The van der Waals surface area contributed by atoms with Gasteiger partial charge in [0.2, 0.25) is 0 Å². The number of benzene rings is 4. The van der Waals surface area contributed by atoms with Crippen LogP contribution in [0.1, 0.15) is 248 Å². The van der Waals surface area contributed by atoms with E-state index in [1.54, 1.807) is 83.1 Å². The first kappa shape index (κ1) is 89.2. The molecule has 0 radical (unpaired) electrons. The third-order valence-electron chi connectivity index (χ3n) is 19.2. The van der Waals surface area contributed by atoms with Gasteiger partial charge in [0.1, 0.15) is 110 Å². The first-order chi connectivity index (χ1) is 54.2. The van der Waals surface area contributed by atoms with Crippen LogP contribution in [0.15, 0.2) is 97.6 Å². The smallest absolute Gasteiger partial charge is 0.341 e. The number of nitrogens with zero attached hydrogens (tertiary/aromatic N) is 8. The van der Waals surface area contributed by atoms with Crippen molar-refractivity contribution in [1.82, 2.24) is 39.9 Å². The van der Waals surface area contributed by atoms with Crippen LogP contribution in [-0.4, -0.2) is 150 Å². The molecule has 0 spiro atoms. The van der Waals surface area contributed by atoms with E-state index in [4.69, 9.17) is 41.9 Å². The van der Waals surface area contributed by atoms with Crippen LogP contribution in [0.4, 0.5) is 58.4 Å². The standard InChI is InChI=1S/3C21H25F2N3O3.C21H23F2N3O3/c4*1-21(2,3)29-20(28)13-6-4-12(9-14(13)22)18-19(24)25-10-16(26-18)11-5-7-17(27)15(23)8-11/h3*4,6,9-11,15,17,27H,5,7-8H2,1-3H3,(H2,24,25);4,6,9-11,15H,5,7-8H2,1-3H3,(H2,24,25)/t3*11-,15+,17-;11-,15+/m1101/s1. The third-order valence-corrected chi connectivity index (χ3v) is 19.2. The van der Waals surface area contributed by atoms with Crippen LogP contribution in [0, 0.1) is 23.3 Å². The summed E-state index contributed by atoms with van der Waals surface area (Å²) >= 11 is 0. The average Bonchev–Trinajstić information content (AvgIpc) is 0.809. The van der Waals surface area contributed by atoms with E-state index >= 15 is 0 Å². The Morgan fingerprint density at radius 2 is 0.586 bits per heavy atom. The lowest BCUT2D eigenvalue weighted by Gasteiger charge is -2.28. The molecule has 0 unspecified atom stereocenters. The molecule has 12 rings (SSSR count). The first-order valence-corrected chi connectivity index (χ1v) is 38.0. The molecule has 4 aromatic carbocycles. The number of aliphatic hydroxyl groups is 3. The Morgan fingerprint density at radius 1 is 0.362 bits per heavy atom. The Hall–Kier alpha value is -10.7. The highest BCUT2D eigenvalue weighted by atomic mass is 19.2. The summed E-state index contributed by atoms with van der Waals surface area (Å²) in [4.78, 5) is 94.4. The number of esters is 4. The number of ether oxygens (including phenoxy) is 4. The summed E-state index contributed by atoms with van der Waals surface area (Å²) in [6, 6.07) is 16.0. The SMILES string of the molecule is CC(C)(C)OC(=O)c1ccc(-c2nc([C@@H]3CCC(=O)[C@@H](F)C3)cnc2N)cc1F.CC(C)(C)OC(=O)c1ccc(-c2nc([C@@H]3CC[C@@H](O)[C@@H](F)C3)cnc2N)cc1F.CC(C)(C)OC(=O)c1ccc(-c2nc([C@@H]3CC[C@@H](O)[C@@H](F)C3)cnc2N)cc1F.CC(C)(C)OC(=O)c1ccc(-c2nc([C@H]3CC[C@H](O)[C@H](F)C3)cnc2N)cc1F. The van der Waals surface area contributed by atoms with Crippen molar-refractivity contribution < 1.29 is 93.4 Å². The lowest BCUT2D eigenvalue weighted by atomic mass is 9.84. The molecule has 4 aromatic heterocycles. The first-order valence-electron chi connectivity index (χ1n) is 38.0. The van der Waals surface area contributed by atoms with E-state index < -0.39 is 118 Å². The molecule has 4 heterocycles. The molecule has 0 aliphatic heterocycles. The number of ketones is 1. The number of nitrogen functional groups attached to an aromatic ring is 4. The van der Waals surface area contributed by atoms with Gasteiger partial charge in [0, 0.05) is 52.3 Å². The maximum Gasteiger partial charge on any atom is 0.341 e. The van der Waals surface area contributed by atoms with Crippen LogP contribution < -0.4 is 22.9 Å². The van der Waals surface area contributed by atoms with Gasteiger partial charge in [0.05, 0.1) is 88.1 Å². The topological polar surface area (TPSA) is 390 Å². The second-order valence-corrected chi connectivity index (χ2v) is 33.1. The van der Waals surface area contributed by atoms with E-state index in [1.807, 2.05) is 0 Å². The van der Waals surface area contributed by atoms with Crippen LogP contribution >= 0.6 is 0 Å². The highest BCUT2D eigenvalue weighted by Crippen LogP contribution is 2.41. The Morgan fingerprint density at radius 3 is 0.784 bits per heavy atom. The number of Topliss-reactive ketones (excluding diaryl/α,β-unsaturated/α-hetero) is 1. The molecule has 4 fully saturated rings. The molecule has 0 amide bonds. The van der Waals surface area contributed by atoms with Crippen molar-refractivity contribution in [1.29, 1.82) is 0 Å². The molecule has 116 heavy (non-hydrogen) atoms. The number of carbonyl (C=O) groups excluding carboxylic acids is 5. The van der Waals surface area contributed by atoms with Crippen LogP contribution in [0.5, 0.6) is 0 Å². The minimum absolute atomic E-state index is 0.0445. The van der Waals surface area contributed by atoms with Crippen LogP contribution in [0.3, 0.4) is 0 Å². The van der Waals surface area contributed by atoms with Gasteiger partial charge in [-0.15, -0.1) is 0 Å². The summed E-state index contributed by atoms with van der Waals surface area (Å²) < 4.78 is 135. The van der Waals surface area contributed by atoms with Gasteiger partial charge < -0.3 is 57.2 Å². The maximum absolute atomic E-state index is 14.6. The lowest BCUT2D eigenvalue weighted by Crippen LogP contribution is -2.30. The zero-order valence-electron chi connectivity index (χ0n) is 66.5. The molecule has 0 bridgehead atoms. The van der Waals surface area contributed by atoms with Crippen molar-refractivity contribution in [2.24, 2.45) is 0 Å². The van der Waals surface area contributed by atoms with Gasteiger partial charge in [-0.3, -0.25) is 4.79 Å². The summed E-state index contributed by atoms with van der Waals surface area (Å²) in [6.45, 7) is 20.4. The second-order valence-electron chi connectivity index (χ2n) is 33.1. The number of halogens is 8. The molecule has 11 atom stereocenters. The van der Waals surface area contributed by atoms with Gasteiger partial charge in [-0.25, -0.2) is 94.2 Å². The zero-order chi connectivity index (χ0) is 85.4. The third kappa shape index (κ3) is 23.7. The zero-order valence-corrected chi connectivity index (χ0v) is 66.5. The van der Waals surface area contributed by atoms with Gasteiger partial charge in [-0.2, -0.15) is 0 Å². The molecule has 8 aromatic rings. The maximum atomic E-state index is 14.6. The van der Waals surface area contributed by atoms with E-state index in [0.29, 0.717) is 90.0 Å². The number of rotatable bonds is 12. The number of aromatic nitrogens is 8. The molecule has 24 nitrogen and oxygen atoms in total. The highest BCUT2D eigenvalue weighted by Gasteiger charge is 2.37. The van der Waals surface area contributed by atoms with Gasteiger partial charge >= 0.3 is 23.9 Å². The molecular formula is C84H98F8N12O12. The van der Waals surface area contributed by atoms with E-state index in [0.717, 1.165) is 24.3 Å². The van der Waals surface area contributed by atoms with Gasteiger partial charge in [-0.1, -0.05) is 24.3 Å². The van der Waals surface area contributed by atoms with Gasteiger partial charge in [0.15, 0.2) is 12.0 Å².